The lowest BCUT2D eigenvalue weighted by atomic mass is 10.2. The van der Waals surface area contributed by atoms with E-state index < -0.39 is 17.7 Å². The third-order valence-corrected chi connectivity index (χ3v) is 3.17. The number of aliphatic imine (C=N–C) groups is 1. The van der Waals surface area contributed by atoms with Crippen molar-refractivity contribution in [2.24, 2.45) is 4.99 Å². The average Bonchev–Trinajstić information content (AvgIpc) is 2.71. The molecule has 0 bridgehead atoms. The lowest BCUT2D eigenvalue weighted by molar-refractivity contribution is -0.260. The van der Waals surface area contributed by atoms with Crippen LogP contribution in [0.2, 0.25) is 0 Å². The molecule has 102 valence electrons. The maximum atomic E-state index is 11.7. The molecule has 1 saturated heterocycles. The summed E-state index contributed by atoms with van der Waals surface area (Å²) in [5, 5.41) is 11.3. The van der Waals surface area contributed by atoms with Gasteiger partial charge in [-0.1, -0.05) is 20.8 Å². The second-order valence-electron chi connectivity index (χ2n) is 4.86. The first-order chi connectivity index (χ1) is 8.33. The van der Waals surface area contributed by atoms with E-state index in [4.69, 9.17) is 4.74 Å². The molecule has 0 unspecified atom stereocenters. The van der Waals surface area contributed by atoms with Crippen LogP contribution in [0.15, 0.2) is 4.99 Å². The number of carbonyl (C=O) groups excluding carboxylic acids is 2. The number of rotatable bonds is 3. The van der Waals surface area contributed by atoms with Crippen molar-refractivity contribution >= 4 is 30.0 Å². The van der Waals surface area contributed by atoms with E-state index >= 15 is 0 Å². The summed E-state index contributed by atoms with van der Waals surface area (Å²) >= 11 is 1.50. The molecule has 18 heavy (non-hydrogen) atoms. The van der Waals surface area contributed by atoms with Gasteiger partial charge in [-0.25, -0.2) is 0 Å². The molecule has 0 aromatic carbocycles. The molecule has 1 aliphatic heterocycles. The zero-order valence-electron chi connectivity index (χ0n) is 10.7. The van der Waals surface area contributed by atoms with Gasteiger partial charge in [-0.2, -0.15) is 0 Å². The van der Waals surface area contributed by atoms with E-state index in [1.54, 1.807) is 20.8 Å². The molecule has 6 nitrogen and oxygen atoms in total. The molecule has 0 saturated carbocycles. The predicted octanol–water partition coefficient (Wildman–Crippen LogP) is -0.382. The Balaban J connectivity index is 2.50. The van der Waals surface area contributed by atoms with Crippen LogP contribution >= 0.6 is 11.8 Å². The van der Waals surface area contributed by atoms with Crippen molar-refractivity contribution in [1.29, 1.82) is 0 Å². The van der Waals surface area contributed by atoms with Gasteiger partial charge in [-0.05, 0) is 0 Å². The number of hydrogen-bond donors (Lipinski definition) is 0. The SMILES string of the molecule is CC(C)(C)OC([O-])=NCC(=O)N1CSC[C@@H]1C=O. The largest absolute Gasteiger partial charge is 0.595 e. The van der Waals surface area contributed by atoms with Crippen LogP contribution in [0, 0.1) is 0 Å². The molecule has 1 atom stereocenters. The Hall–Kier alpha value is -1.24. The van der Waals surface area contributed by atoms with Gasteiger partial charge < -0.3 is 19.5 Å². The third-order valence-electron chi connectivity index (χ3n) is 2.13. The Morgan fingerprint density at radius 3 is 2.83 bits per heavy atom. The van der Waals surface area contributed by atoms with E-state index in [9.17, 15) is 14.7 Å². The van der Waals surface area contributed by atoms with Crippen LogP contribution in [0.3, 0.4) is 0 Å². The number of amides is 1. The highest BCUT2D eigenvalue weighted by Gasteiger charge is 2.28. The molecule has 7 heteroatoms. The van der Waals surface area contributed by atoms with Crippen molar-refractivity contribution in [3.63, 3.8) is 0 Å². The number of carbonyl (C=O) groups is 2. The van der Waals surface area contributed by atoms with Crippen LogP contribution in [-0.4, -0.2) is 53.0 Å². The van der Waals surface area contributed by atoms with Crippen LogP contribution in [0.1, 0.15) is 20.8 Å². The molecule has 0 N–H and O–H groups in total. The van der Waals surface area contributed by atoms with Gasteiger partial charge in [0.1, 0.15) is 18.9 Å². The lowest BCUT2D eigenvalue weighted by Crippen LogP contribution is -2.39. The second kappa shape index (κ2) is 6.08. The fraction of sp³-hybridized carbons (Fsp3) is 0.727. The Morgan fingerprint density at radius 2 is 2.28 bits per heavy atom. The fourth-order valence-electron chi connectivity index (χ4n) is 1.34. The van der Waals surface area contributed by atoms with Crippen LogP contribution in [0.4, 0.5) is 0 Å². The quantitative estimate of drug-likeness (QED) is 0.397. The minimum atomic E-state index is -0.759. The number of hydrogen-bond acceptors (Lipinski definition) is 6. The predicted molar refractivity (Wildman–Crippen MR) is 67.2 cm³/mol. The molecule has 1 fully saturated rings. The highest BCUT2D eigenvalue weighted by molar-refractivity contribution is 7.99. The van der Waals surface area contributed by atoms with E-state index in [1.807, 2.05) is 0 Å². The number of aldehydes is 1. The first-order valence-electron chi connectivity index (χ1n) is 5.56. The average molecular weight is 273 g/mol. The topological polar surface area (TPSA) is 82.0 Å². The zero-order valence-corrected chi connectivity index (χ0v) is 11.5. The van der Waals surface area contributed by atoms with Gasteiger partial charge >= 0.3 is 0 Å². The van der Waals surface area contributed by atoms with E-state index in [1.165, 1.54) is 16.7 Å². The Labute approximate surface area is 110 Å². The Kier molecular flexibility index (Phi) is 5.01. The van der Waals surface area contributed by atoms with Crippen molar-refractivity contribution in [3.8, 4) is 0 Å². The summed E-state index contributed by atoms with van der Waals surface area (Å²) < 4.78 is 4.95. The number of thioether (sulfide) groups is 1. The molecular weight excluding hydrogens is 256 g/mol. The Morgan fingerprint density at radius 1 is 1.61 bits per heavy atom. The molecule has 0 spiro atoms. The summed E-state index contributed by atoms with van der Waals surface area (Å²) in [5.74, 6) is 0.733. The number of ether oxygens (including phenoxy) is 1. The lowest BCUT2D eigenvalue weighted by Gasteiger charge is -2.29. The van der Waals surface area contributed by atoms with E-state index in [-0.39, 0.29) is 12.5 Å². The monoisotopic (exact) mass is 273 g/mol. The first-order valence-corrected chi connectivity index (χ1v) is 6.72. The van der Waals surface area contributed by atoms with Gasteiger partial charge in [-0.15, -0.1) is 11.8 Å². The van der Waals surface area contributed by atoms with Crippen LogP contribution in [0.25, 0.3) is 0 Å². The highest BCUT2D eigenvalue weighted by Crippen LogP contribution is 2.19. The van der Waals surface area contributed by atoms with E-state index in [0.29, 0.717) is 11.6 Å². The van der Waals surface area contributed by atoms with Gasteiger partial charge in [0, 0.05) is 11.4 Å². The van der Waals surface area contributed by atoms with Crippen LogP contribution in [-0.2, 0) is 14.3 Å². The van der Waals surface area contributed by atoms with E-state index in [0.717, 1.165) is 6.29 Å². The van der Waals surface area contributed by atoms with Crippen molar-refractivity contribution in [3.05, 3.63) is 0 Å². The van der Waals surface area contributed by atoms with Crippen molar-refractivity contribution in [2.45, 2.75) is 32.4 Å². The van der Waals surface area contributed by atoms with Gasteiger partial charge in [0.15, 0.2) is 0 Å². The van der Waals surface area contributed by atoms with E-state index in [2.05, 4.69) is 4.99 Å². The van der Waals surface area contributed by atoms with Crippen molar-refractivity contribution in [2.75, 3.05) is 18.2 Å². The fourth-order valence-corrected chi connectivity index (χ4v) is 2.48. The summed E-state index contributed by atoms with van der Waals surface area (Å²) in [6.45, 7) is 4.89. The molecule has 1 aliphatic rings. The van der Waals surface area contributed by atoms with Crippen molar-refractivity contribution in [1.82, 2.24) is 4.90 Å². The second-order valence-corrected chi connectivity index (χ2v) is 5.86. The highest BCUT2D eigenvalue weighted by atomic mass is 32.2. The molecule has 1 rings (SSSR count). The third kappa shape index (κ3) is 4.56. The molecule has 1 amide bonds. The van der Waals surface area contributed by atoms with Crippen LogP contribution in [0.5, 0.6) is 0 Å². The molecule has 0 aromatic rings. The minimum absolute atomic E-state index is 0.278. The summed E-state index contributed by atoms with van der Waals surface area (Å²) in [6.07, 6.45) is -0.0175. The summed E-state index contributed by atoms with van der Waals surface area (Å²) in [4.78, 5) is 27.4. The maximum Gasteiger partial charge on any atom is 0.245 e. The smallest absolute Gasteiger partial charge is 0.245 e. The summed E-state index contributed by atoms with van der Waals surface area (Å²) in [6, 6.07) is -0.406. The van der Waals surface area contributed by atoms with Crippen molar-refractivity contribution < 1.29 is 19.4 Å². The molecular formula is C11H17N2O4S-. The standard InChI is InChI=1S/C11H18N2O4S/c1-11(2,3)17-10(16)12-4-9(15)13-7-18-6-8(13)5-14/h5,8H,4,6-7H2,1-3H3,(H,12,16)/p-1/t8-/m0/s1. The van der Waals surface area contributed by atoms with Gasteiger partial charge in [0.2, 0.25) is 5.91 Å². The summed E-state index contributed by atoms with van der Waals surface area (Å²) in [5.41, 5.74) is -0.627. The Bertz CT molecular complexity index is 351. The number of nitrogens with zero attached hydrogens (tertiary/aromatic N) is 2. The minimum Gasteiger partial charge on any atom is -0.595 e. The molecule has 0 aromatic heterocycles. The molecule has 0 radical (unpaired) electrons. The maximum absolute atomic E-state index is 11.7. The van der Waals surface area contributed by atoms with Gasteiger partial charge in [0.25, 0.3) is 0 Å². The van der Waals surface area contributed by atoms with Gasteiger partial charge in [0.05, 0.1) is 11.9 Å². The normalized spacial score (nSPS) is 20.9. The summed E-state index contributed by atoms with van der Waals surface area (Å²) in [7, 11) is 0. The first kappa shape index (κ1) is 14.8. The molecule has 1 heterocycles. The zero-order chi connectivity index (χ0) is 13.8. The van der Waals surface area contributed by atoms with Gasteiger partial charge in [-0.3, -0.25) is 9.79 Å². The molecule has 0 aliphatic carbocycles. The van der Waals surface area contributed by atoms with Crippen LogP contribution < -0.4 is 5.11 Å².